The molecule has 3 aliphatic rings. The van der Waals surface area contributed by atoms with Gasteiger partial charge in [0.15, 0.2) is 0 Å². The van der Waals surface area contributed by atoms with Crippen LogP contribution in [0, 0.1) is 12.3 Å². The Balaban J connectivity index is 1.53. The van der Waals surface area contributed by atoms with Crippen LogP contribution >= 0.6 is 0 Å². The monoisotopic (exact) mass is 387 g/mol. The number of alkyl halides is 2. The molecule has 1 aromatic rings. The van der Waals surface area contributed by atoms with Crippen molar-refractivity contribution in [3.05, 3.63) is 29.3 Å². The average molecular weight is 387 g/mol. The molecule has 0 spiro atoms. The highest BCUT2D eigenvalue weighted by Crippen LogP contribution is 2.43. The van der Waals surface area contributed by atoms with Crippen LogP contribution in [-0.4, -0.2) is 46.8 Å². The minimum absolute atomic E-state index is 0.121. The summed E-state index contributed by atoms with van der Waals surface area (Å²) >= 11 is 0. The average Bonchev–Trinajstić information content (AvgIpc) is 3.40. The van der Waals surface area contributed by atoms with Crippen molar-refractivity contribution in [2.45, 2.75) is 37.0 Å². The summed E-state index contributed by atoms with van der Waals surface area (Å²) in [5.41, 5.74) is -0.588. The first-order valence-electron chi connectivity index (χ1n) is 8.58. The molecule has 0 aliphatic carbocycles. The predicted octanol–water partition coefficient (Wildman–Crippen LogP) is 1.29. The summed E-state index contributed by atoms with van der Waals surface area (Å²) < 4.78 is 27.6. The molecule has 28 heavy (non-hydrogen) atoms. The number of carbonyl (C=O) groups excluding carboxylic acids is 3. The standard InChI is InChI=1S/C18H15F2N5O3/c1-2-17(19,20)18(23-24-18)9-21-12-5-3-4-10-11(12)8-25(16(10)28)13-6-7-14(26)22-15(13)27/h1,3-5,13,21H,6-9H2,(H,22,26,27)/t13-/m0/s1. The second-order valence-corrected chi connectivity index (χ2v) is 6.82. The van der Waals surface area contributed by atoms with Gasteiger partial charge in [-0.05, 0) is 24.5 Å². The number of rotatable bonds is 5. The Morgan fingerprint density at radius 2 is 2.11 bits per heavy atom. The van der Waals surface area contributed by atoms with E-state index in [4.69, 9.17) is 6.42 Å². The molecule has 0 bridgehead atoms. The summed E-state index contributed by atoms with van der Waals surface area (Å²) in [5.74, 6) is -3.36. The van der Waals surface area contributed by atoms with Crippen molar-refractivity contribution in [3.63, 3.8) is 0 Å². The molecule has 8 nitrogen and oxygen atoms in total. The second kappa shape index (κ2) is 6.09. The highest BCUT2D eigenvalue weighted by atomic mass is 19.3. The molecule has 10 heteroatoms. The van der Waals surface area contributed by atoms with Crippen LogP contribution in [0.4, 0.5) is 14.5 Å². The van der Waals surface area contributed by atoms with E-state index in [9.17, 15) is 23.2 Å². The fraction of sp³-hybridized carbons (Fsp3) is 0.389. The van der Waals surface area contributed by atoms with Gasteiger partial charge < -0.3 is 10.2 Å². The number of nitrogens with zero attached hydrogens (tertiary/aromatic N) is 3. The minimum Gasteiger partial charge on any atom is -0.380 e. The number of anilines is 1. The summed E-state index contributed by atoms with van der Waals surface area (Å²) in [6.45, 7) is -0.205. The van der Waals surface area contributed by atoms with E-state index in [1.807, 2.05) is 0 Å². The van der Waals surface area contributed by atoms with Gasteiger partial charge in [-0.2, -0.15) is 8.78 Å². The highest BCUT2D eigenvalue weighted by Gasteiger charge is 2.61. The first-order valence-corrected chi connectivity index (χ1v) is 8.58. The second-order valence-electron chi connectivity index (χ2n) is 6.82. The third-order valence-electron chi connectivity index (χ3n) is 5.13. The number of nitrogens with one attached hydrogen (secondary N) is 2. The number of fused-ring (bicyclic) bond motifs is 1. The lowest BCUT2D eigenvalue weighted by Gasteiger charge is -2.29. The van der Waals surface area contributed by atoms with Gasteiger partial charge in [0.05, 0.1) is 6.54 Å². The number of amides is 3. The summed E-state index contributed by atoms with van der Waals surface area (Å²) in [6.07, 6.45) is 5.26. The Hall–Kier alpha value is -3.35. The van der Waals surface area contributed by atoms with Crippen molar-refractivity contribution in [2.24, 2.45) is 10.2 Å². The van der Waals surface area contributed by atoms with Gasteiger partial charge in [-0.1, -0.05) is 6.07 Å². The van der Waals surface area contributed by atoms with E-state index in [0.29, 0.717) is 16.8 Å². The van der Waals surface area contributed by atoms with Crippen LogP contribution in [0.2, 0.25) is 0 Å². The van der Waals surface area contributed by atoms with Crippen LogP contribution in [0.15, 0.2) is 28.4 Å². The Morgan fingerprint density at radius 3 is 2.75 bits per heavy atom. The molecule has 0 saturated carbocycles. The molecule has 2 N–H and O–H groups in total. The first-order chi connectivity index (χ1) is 13.3. The van der Waals surface area contributed by atoms with Gasteiger partial charge in [-0.15, -0.1) is 16.7 Å². The van der Waals surface area contributed by atoms with Gasteiger partial charge in [0, 0.05) is 29.8 Å². The van der Waals surface area contributed by atoms with Crippen LogP contribution in [0.3, 0.4) is 0 Å². The topological polar surface area (TPSA) is 103 Å². The van der Waals surface area contributed by atoms with Crippen molar-refractivity contribution < 1.29 is 23.2 Å². The summed E-state index contributed by atoms with van der Waals surface area (Å²) in [4.78, 5) is 37.6. The summed E-state index contributed by atoms with van der Waals surface area (Å²) in [5, 5.41) is 11.9. The Kier molecular flexibility index (Phi) is 3.92. The van der Waals surface area contributed by atoms with E-state index in [-0.39, 0.29) is 37.7 Å². The normalized spacial score (nSPS) is 22.5. The molecule has 144 valence electrons. The molecule has 3 aliphatic heterocycles. The Bertz CT molecular complexity index is 962. The van der Waals surface area contributed by atoms with Crippen LogP contribution in [0.5, 0.6) is 0 Å². The Labute approximate surface area is 158 Å². The maximum Gasteiger partial charge on any atom is 0.357 e. The number of carbonyl (C=O) groups is 3. The Morgan fingerprint density at radius 1 is 1.36 bits per heavy atom. The van der Waals surface area contributed by atoms with Crippen molar-refractivity contribution in [1.29, 1.82) is 0 Å². The van der Waals surface area contributed by atoms with Crippen LogP contribution < -0.4 is 10.6 Å². The molecule has 4 rings (SSSR count). The SMILES string of the molecule is C#CC(F)(F)C1(CNc2cccc3c2CN([C@H]2CCC(=O)NC2=O)C3=O)N=N1. The molecule has 0 aromatic heterocycles. The molecule has 1 atom stereocenters. The van der Waals surface area contributed by atoms with Gasteiger partial charge >= 0.3 is 5.92 Å². The first kappa shape index (κ1) is 18.0. The zero-order valence-corrected chi connectivity index (χ0v) is 14.5. The molecule has 0 unspecified atom stereocenters. The molecule has 1 fully saturated rings. The number of hydrogen-bond acceptors (Lipinski definition) is 6. The van der Waals surface area contributed by atoms with Crippen LogP contribution in [0.1, 0.15) is 28.8 Å². The number of halogens is 2. The van der Waals surface area contributed by atoms with Crippen molar-refractivity contribution >= 4 is 23.4 Å². The minimum atomic E-state index is -3.52. The lowest BCUT2D eigenvalue weighted by Crippen LogP contribution is -2.52. The van der Waals surface area contributed by atoms with Gasteiger partial charge in [-0.3, -0.25) is 19.7 Å². The zero-order valence-electron chi connectivity index (χ0n) is 14.5. The van der Waals surface area contributed by atoms with E-state index >= 15 is 0 Å². The van der Waals surface area contributed by atoms with E-state index in [2.05, 4.69) is 20.9 Å². The smallest absolute Gasteiger partial charge is 0.357 e. The maximum atomic E-state index is 13.8. The maximum absolute atomic E-state index is 13.8. The molecular weight excluding hydrogens is 372 g/mol. The lowest BCUT2D eigenvalue weighted by molar-refractivity contribution is -0.136. The number of terminal acetylenes is 1. The summed E-state index contributed by atoms with van der Waals surface area (Å²) in [7, 11) is 0. The number of piperidine rings is 1. The molecule has 0 radical (unpaired) electrons. The van der Waals surface area contributed by atoms with Crippen molar-refractivity contribution in [1.82, 2.24) is 10.2 Å². The molecule has 3 amide bonds. The molecule has 1 saturated heterocycles. The van der Waals surface area contributed by atoms with E-state index in [1.165, 1.54) is 10.8 Å². The van der Waals surface area contributed by atoms with Gasteiger partial charge in [0.2, 0.25) is 11.8 Å². The number of benzene rings is 1. The number of hydrogen-bond donors (Lipinski definition) is 2. The van der Waals surface area contributed by atoms with Crippen molar-refractivity contribution in [2.75, 3.05) is 11.9 Å². The predicted molar refractivity (Wildman–Crippen MR) is 92.3 cm³/mol. The highest BCUT2D eigenvalue weighted by molar-refractivity contribution is 6.06. The fourth-order valence-corrected chi connectivity index (χ4v) is 3.45. The van der Waals surface area contributed by atoms with E-state index in [0.717, 1.165) is 0 Å². The largest absolute Gasteiger partial charge is 0.380 e. The zero-order chi connectivity index (χ0) is 20.1. The molecule has 1 aromatic carbocycles. The van der Waals surface area contributed by atoms with Gasteiger partial charge in [-0.25, -0.2) is 0 Å². The van der Waals surface area contributed by atoms with E-state index < -0.39 is 23.5 Å². The lowest BCUT2D eigenvalue weighted by atomic mass is 10.0. The van der Waals surface area contributed by atoms with Crippen molar-refractivity contribution in [3.8, 4) is 12.3 Å². The van der Waals surface area contributed by atoms with Gasteiger partial charge in [0.1, 0.15) is 6.04 Å². The number of imide groups is 1. The van der Waals surface area contributed by atoms with Crippen LogP contribution in [0.25, 0.3) is 0 Å². The fourth-order valence-electron chi connectivity index (χ4n) is 3.45. The molecule has 3 heterocycles. The van der Waals surface area contributed by atoms with E-state index in [1.54, 1.807) is 18.2 Å². The quantitative estimate of drug-likeness (QED) is 0.587. The third kappa shape index (κ3) is 2.70. The summed E-state index contributed by atoms with van der Waals surface area (Å²) in [6, 6.07) is 4.10. The molecular formula is C18H15F2N5O3. The van der Waals surface area contributed by atoms with Crippen LogP contribution in [-0.2, 0) is 16.1 Å². The van der Waals surface area contributed by atoms with Gasteiger partial charge in [0.25, 0.3) is 11.6 Å². The third-order valence-corrected chi connectivity index (χ3v) is 5.13.